The Balaban J connectivity index is 4.46. The van der Waals surface area contributed by atoms with Crippen LogP contribution in [0.15, 0.2) is 0 Å². The number of quaternary nitrogens is 1. The number of phosphoric acid groups is 1. The van der Waals surface area contributed by atoms with E-state index in [4.69, 9.17) is 18.5 Å². The molecule has 232 valence electrons. The van der Waals surface area contributed by atoms with Gasteiger partial charge in [-0.3, -0.25) is 18.6 Å². The van der Waals surface area contributed by atoms with E-state index >= 15 is 0 Å². The highest BCUT2D eigenvalue weighted by Gasteiger charge is 2.27. The van der Waals surface area contributed by atoms with Gasteiger partial charge in [-0.2, -0.15) is 0 Å². The van der Waals surface area contributed by atoms with Crippen LogP contribution < -0.4 is 0 Å². The Morgan fingerprint density at radius 2 is 1.15 bits per heavy atom. The Morgan fingerprint density at radius 1 is 0.692 bits per heavy atom. The third-order valence-corrected chi connectivity index (χ3v) is 7.37. The molecule has 10 heteroatoms. The summed E-state index contributed by atoms with van der Waals surface area (Å²) in [5.41, 5.74) is 0. The highest BCUT2D eigenvalue weighted by Crippen LogP contribution is 2.43. The maximum Gasteiger partial charge on any atom is 0.472 e. The van der Waals surface area contributed by atoms with Gasteiger partial charge in [-0.25, -0.2) is 4.57 Å². The first-order valence-electron chi connectivity index (χ1n) is 15.3. The number of hydrogen-bond donors (Lipinski definition) is 1. The maximum atomic E-state index is 12.4. The van der Waals surface area contributed by atoms with Crippen LogP contribution in [0.5, 0.6) is 0 Å². The minimum Gasteiger partial charge on any atom is -0.462 e. The summed E-state index contributed by atoms with van der Waals surface area (Å²) in [4.78, 5) is 34.5. The summed E-state index contributed by atoms with van der Waals surface area (Å²) in [5, 5.41) is 0. The predicted octanol–water partition coefficient (Wildman–Crippen LogP) is 6.95. The Morgan fingerprint density at radius 3 is 1.67 bits per heavy atom. The molecule has 0 aromatic carbocycles. The standard InChI is InChI=1S/C29H58NO8P/c1-6-8-10-12-13-14-15-16-17-18-20-22-29(32)38-27(25-35-28(31)21-19-11-9-7-2)26-37-39(33,34)36-24-23-30(3,4)5/h27H,6-26H2,1-5H3/p+1/t27-/m1/s1. The van der Waals surface area contributed by atoms with E-state index < -0.39 is 26.5 Å². The lowest BCUT2D eigenvalue weighted by atomic mass is 10.1. The van der Waals surface area contributed by atoms with Gasteiger partial charge < -0.3 is 18.9 Å². The molecule has 0 aliphatic rings. The lowest BCUT2D eigenvalue weighted by Gasteiger charge is -2.24. The summed E-state index contributed by atoms with van der Waals surface area (Å²) >= 11 is 0. The van der Waals surface area contributed by atoms with Crippen LogP contribution in [0.1, 0.15) is 123 Å². The number of ether oxygens (including phenoxy) is 2. The first kappa shape index (κ1) is 38.0. The summed E-state index contributed by atoms with van der Waals surface area (Å²) in [6.45, 7) is 4.25. The number of likely N-dealkylation sites (N-methyl/N-ethyl adjacent to an activating group) is 1. The summed E-state index contributed by atoms with van der Waals surface area (Å²) in [6.07, 6.45) is 16.4. The van der Waals surface area contributed by atoms with Crippen molar-refractivity contribution >= 4 is 19.8 Å². The summed E-state index contributed by atoms with van der Waals surface area (Å²) in [7, 11) is 1.48. The van der Waals surface area contributed by atoms with Crippen LogP contribution in [0, 0.1) is 0 Å². The van der Waals surface area contributed by atoms with Gasteiger partial charge in [0.05, 0.1) is 27.7 Å². The van der Waals surface area contributed by atoms with Crippen molar-refractivity contribution in [1.82, 2.24) is 0 Å². The topological polar surface area (TPSA) is 108 Å². The molecule has 39 heavy (non-hydrogen) atoms. The molecule has 0 bridgehead atoms. The van der Waals surface area contributed by atoms with Crippen molar-refractivity contribution in [2.24, 2.45) is 0 Å². The van der Waals surface area contributed by atoms with Crippen molar-refractivity contribution in [2.75, 3.05) is 47.5 Å². The molecule has 1 N–H and O–H groups in total. The van der Waals surface area contributed by atoms with Crippen LogP contribution in [0.3, 0.4) is 0 Å². The first-order chi connectivity index (χ1) is 18.5. The van der Waals surface area contributed by atoms with E-state index in [0.29, 0.717) is 17.4 Å². The van der Waals surface area contributed by atoms with Gasteiger partial charge in [0.25, 0.3) is 0 Å². The zero-order valence-electron chi connectivity index (χ0n) is 25.6. The molecule has 0 rings (SSSR count). The normalized spacial score (nSPS) is 14.1. The Hall–Kier alpha value is -0.990. The molecule has 0 aliphatic carbocycles. The minimum atomic E-state index is -4.34. The molecular formula is C29H59NO8P+. The Labute approximate surface area is 238 Å². The number of rotatable bonds is 27. The third-order valence-electron chi connectivity index (χ3n) is 6.39. The zero-order chi connectivity index (χ0) is 29.4. The Kier molecular flexibility index (Phi) is 23.1. The van der Waals surface area contributed by atoms with Crippen molar-refractivity contribution < 1.29 is 42.1 Å². The van der Waals surface area contributed by atoms with Gasteiger partial charge in [-0.15, -0.1) is 0 Å². The fourth-order valence-electron chi connectivity index (χ4n) is 3.89. The van der Waals surface area contributed by atoms with Crippen molar-refractivity contribution in [3.05, 3.63) is 0 Å². The van der Waals surface area contributed by atoms with E-state index in [-0.39, 0.29) is 32.0 Å². The lowest BCUT2D eigenvalue weighted by molar-refractivity contribution is -0.870. The van der Waals surface area contributed by atoms with E-state index in [2.05, 4.69) is 13.8 Å². The number of phosphoric ester groups is 1. The van der Waals surface area contributed by atoms with Gasteiger partial charge in [0, 0.05) is 12.8 Å². The maximum absolute atomic E-state index is 12.4. The molecule has 0 spiro atoms. The lowest BCUT2D eigenvalue weighted by Crippen LogP contribution is -2.37. The molecule has 0 radical (unpaired) electrons. The van der Waals surface area contributed by atoms with E-state index in [1.54, 1.807) is 0 Å². The number of hydrogen-bond acceptors (Lipinski definition) is 7. The summed E-state index contributed by atoms with van der Waals surface area (Å²) in [6, 6.07) is 0. The molecule has 0 fully saturated rings. The summed E-state index contributed by atoms with van der Waals surface area (Å²) < 4.78 is 33.7. The zero-order valence-corrected chi connectivity index (χ0v) is 26.5. The second-order valence-corrected chi connectivity index (χ2v) is 13.0. The Bertz CT molecular complexity index is 668. The number of nitrogens with zero attached hydrogens (tertiary/aromatic N) is 1. The highest BCUT2D eigenvalue weighted by atomic mass is 31.2. The molecule has 0 saturated heterocycles. The third kappa shape index (κ3) is 27.0. The van der Waals surface area contributed by atoms with E-state index in [1.165, 1.54) is 51.4 Å². The van der Waals surface area contributed by atoms with Crippen molar-refractivity contribution in [1.29, 1.82) is 0 Å². The average Bonchev–Trinajstić information content (AvgIpc) is 2.86. The van der Waals surface area contributed by atoms with Crippen LogP contribution in [0.4, 0.5) is 0 Å². The molecule has 9 nitrogen and oxygen atoms in total. The van der Waals surface area contributed by atoms with Crippen LogP contribution in [0.25, 0.3) is 0 Å². The predicted molar refractivity (Wildman–Crippen MR) is 155 cm³/mol. The second-order valence-electron chi connectivity index (χ2n) is 11.5. The molecule has 0 saturated carbocycles. The second kappa shape index (κ2) is 23.7. The number of carbonyl (C=O) groups excluding carboxylic acids is 2. The SMILES string of the molecule is CCCCCCCCCCCCCC(=O)O[C@H](COC(=O)CCCCCC)COP(=O)(O)OCC[N+](C)(C)C. The molecular weight excluding hydrogens is 521 g/mol. The molecule has 0 aliphatic heterocycles. The monoisotopic (exact) mass is 580 g/mol. The molecule has 0 heterocycles. The van der Waals surface area contributed by atoms with Crippen LogP contribution >= 0.6 is 7.82 Å². The highest BCUT2D eigenvalue weighted by molar-refractivity contribution is 7.47. The quantitative estimate of drug-likeness (QED) is 0.0481. The fraction of sp³-hybridized carbons (Fsp3) is 0.931. The van der Waals surface area contributed by atoms with Gasteiger partial charge >= 0.3 is 19.8 Å². The molecule has 2 atom stereocenters. The van der Waals surface area contributed by atoms with Gasteiger partial charge in [0.2, 0.25) is 0 Å². The van der Waals surface area contributed by atoms with E-state index in [0.717, 1.165) is 38.5 Å². The number of carbonyl (C=O) groups is 2. The van der Waals surface area contributed by atoms with Crippen molar-refractivity contribution in [3.8, 4) is 0 Å². The fourth-order valence-corrected chi connectivity index (χ4v) is 4.63. The average molecular weight is 581 g/mol. The molecule has 0 aromatic heterocycles. The van der Waals surface area contributed by atoms with Gasteiger partial charge in [-0.05, 0) is 12.8 Å². The van der Waals surface area contributed by atoms with Crippen molar-refractivity contribution in [3.63, 3.8) is 0 Å². The smallest absolute Gasteiger partial charge is 0.462 e. The minimum absolute atomic E-state index is 0.0351. The number of unbranched alkanes of at least 4 members (excludes halogenated alkanes) is 13. The molecule has 0 aromatic rings. The van der Waals surface area contributed by atoms with Crippen LogP contribution in [-0.2, 0) is 32.7 Å². The molecule has 0 amide bonds. The molecule has 1 unspecified atom stereocenters. The largest absolute Gasteiger partial charge is 0.472 e. The first-order valence-corrected chi connectivity index (χ1v) is 16.8. The van der Waals surface area contributed by atoms with Gasteiger partial charge in [0.1, 0.15) is 19.8 Å². The van der Waals surface area contributed by atoms with Crippen molar-refractivity contribution in [2.45, 2.75) is 129 Å². The van der Waals surface area contributed by atoms with E-state index in [9.17, 15) is 19.0 Å². The van der Waals surface area contributed by atoms with Gasteiger partial charge in [0.15, 0.2) is 6.10 Å². The van der Waals surface area contributed by atoms with Crippen LogP contribution in [-0.4, -0.2) is 74.9 Å². The number of esters is 2. The van der Waals surface area contributed by atoms with E-state index in [1.807, 2.05) is 21.1 Å². The van der Waals surface area contributed by atoms with Gasteiger partial charge in [-0.1, -0.05) is 97.3 Å². The van der Waals surface area contributed by atoms with Crippen LogP contribution in [0.2, 0.25) is 0 Å². The summed E-state index contributed by atoms with van der Waals surface area (Å²) in [5.74, 6) is -0.818.